The molecule has 0 amide bonds. The van der Waals surface area contributed by atoms with Crippen molar-refractivity contribution in [2.75, 3.05) is 26.2 Å². The summed E-state index contributed by atoms with van der Waals surface area (Å²) in [6, 6.07) is 0. The van der Waals surface area contributed by atoms with Gasteiger partial charge in [0.2, 0.25) is 0 Å². The van der Waals surface area contributed by atoms with E-state index >= 15 is 0 Å². The number of rotatable bonds is 4. The zero-order valence-electron chi connectivity index (χ0n) is 8.08. The van der Waals surface area contributed by atoms with Gasteiger partial charge in [0.1, 0.15) is 0 Å². The van der Waals surface area contributed by atoms with Gasteiger partial charge in [0.05, 0.1) is 0 Å². The molecule has 3 heteroatoms. The van der Waals surface area contributed by atoms with E-state index in [0.29, 0.717) is 0 Å². The van der Waals surface area contributed by atoms with Gasteiger partial charge in [-0.15, -0.1) is 0 Å². The predicted molar refractivity (Wildman–Crippen MR) is 57.8 cm³/mol. The fourth-order valence-electron chi connectivity index (χ4n) is 1.88. The largest absolute Gasteiger partial charge is 0.330 e. The number of likely N-dealkylation sites (tertiary alicyclic amines) is 1. The summed E-state index contributed by atoms with van der Waals surface area (Å²) in [4.78, 5) is 2.44. The van der Waals surface area contributed by atoms with Gasteiger partial charge in [-0.2, -0.15) is 0 Å². The van der Waals surface area contributed by atoms with Gasteiger partial charge in [-0.3, -0.25) is 4.90 Å². The van der Waals surface area contributed by atoms with Crippen LogP contribution in [0.3, 0.4) is 0 Å². The Labute approximate surface area is 85.7 Å². The maximum absolute atomic E-state index is 5.53. The average Bonchev–Trinajstić information content (AvgIpc) is 2.17. The van der Waals surface area contributed by atoms with Gasteiger partial charge in [-0.05, 0) is 44.8 Å². The fraction of sp³-hybridized carbons (Fsp3) is 0.800. The molecule has 2 N–H and O–H groups in total. The molecule has 0 aromatic heterocycles. The van der Waals surface area contributed by atoms with Gasteiger partial charge in [-0.25, -0.2) is 0 Å². The highest BCUT2D eigenvalue weighted by atomic mass is 35.5. The molecule has 76 valence electrons. The molecule has 1 fully saturated rings. The zero-order chi connectivity index (χ0) is 9.52. The molecular weight excluding hydrogens is 184 g/mol. The summed E-state index contributed by atoms with van der Waals surface area (Å²) in [6.45, 7) is 4.24. The first-order chi connectivity index (χ1) is 6.36. The van der Waals surface area contributed by atoms with Crippen LogP contribution in [0.15, 0.2) is 11.6 Å². The van der Waals surface area contributed by atoms with Crippen LogP contribution in [0, 0.1) is 5.92 Å². The van der Waals surface area contributed by atoms with Crippen LogP contribution >= 0.6 is 11.6 Å². The Hall–Kier alpha value is -0.0500. The number of hydrogen-bond donors (Lipinski definition) is 1. The molecule has 13 heavy (non-hydrogen) atoms. The number of nitrogens with two attached hydrogens (primary N) is 1. The van der Waals surface area contributed by atoms with E-state index in [1.807, 2.05) is 6.08 Å². The minimum atomic E-state index is 0.840. The highest BCUT2D eigenvalue weighted by Gasteiger charge is 2.16. The quantitative estimate of drug-likeness (QED) is 0.754. The summed E-state index contributed by atoms with van der Waals surface area (Å²) >= 11 is 5.48. The first kappa shape index (κ1) is 11.0. The second-order valence-electron chi connectivity index (χ2n) is 3.68. The molecule has 0 aromatic carbocycles. The summed E-state index contributed by atoms with van der Waals surface area (Å²) in [6.07, 6.45) is 5.80. The van der Waals surface area contributed by atoms with Gasteiger partial charge in [-0.1, -0.05) is 17.7 Å². The lowest BCUT2D eigenvalue weighted by molar-refractivity contribution is 0.196. The highest BCUT2D eigenvalue weighted by Crippen LogP contribution is 2.19. The van der Waals surface area contributed by atoms with Crippen LogP contribution in [0.2, 0.25) is 0 Å². The lowest BCUT2D eigenvalue weighted by Crippen LogP contribution is -2.34. The molecule has 0 bridgehead atoms. The molecule has 1 rings (SSSR count). The SMILES string of the molecule is NCCC1CCN(CC=CCl)CC1. The van der Waals surface area contributed by atoms with Crippen LogP contribution in [0.4, 0.5) is 0 Å². The third-order valence-electron chi connectivity index (χ3n) is 2.73. The maximum Gasteiger partial charge on any atom is 0.0174 e. The molecule has 1 saturated heterocycles. The molecule has 0 aromatic rings. The molecule has 0 saturated carbocycles. The third kappa shape index (κ3) is 4.12. The van der Waals surface area contributed by atoms with Gasteiger partial charge in [0.15, 0.2) is 0 Å². The molecule has 0 atom stereocenters. The molecule has 1 aliphatic rings. The van der Waals surface area contributed by atoms with Crippen molar-refractivity contribution in [2.24, 2.45) is 11.7 Å². The molecule has 0 unspecified atom stereocenters. The number of halogens is 1. The second-order valence-corrected chi connectivity index (χ2v) is 3.94. The van der Waals surface area contributed by atoms with E-state index in [1.165, 1.54) is 32.4 Å². The van der Waals surface area contributed by atoms with Crippen LogP contribution in [0.5, 0.6) is 0 Å². The lowest BCUT2D eigenvalue weighted by atomic mass is 9.94. The van der Waals surface area contributed by atoms with Crippen LogP contribution in [-0.4, -0.2) is 31.1 Å². The van der Waals surface area contributed by atoms with E-state index in [9.17, 15) is 0 Å². The fourth-order valence-corrected chi connectivity index (χ4v) is 1.96. The van der Waals surface area contributed by atoms with Crippen LogP contribution in [0.1, 0.15) is 19.3 Å². The molecule has 2 nitrogen and oxygen atoms in total. The molecule has 0 radical (unpaired) electrons. The summed E-state index contributed by atoms with van der Waals surface area (Å²) < 4.78 is 0. The Morgan fingerprint density at radius 1 is 1.38 bits per heavy atom. The third-order valence-corrected chi connectivity index (χ3v) is 2.91. The summed E-state index contributed by atoms with van der Waals surface area (Å²) in [5, 5.41) is 0. The van der Waals surface area contributed by atoms with Gasteiger partial charge in [0.25, 0.3) is 0 Å². The van der Waals surface area contributed by atoms with Crippen LogP contribution < -0.4 is 5.73 Å². The van der Waals surface area contributed by atoms with E-state index in [1.54, 1.807) is 5.54 Å². The normalized spacial score (nSPS) is 21.4. The first-order valence-electron chi connectivity index (χ1n) is 5.04. The maximum atomic E-state index is 5.53. The Kier molecular flexibility index (Phi) is 5.44. The number of piperidine rings is 1. The van der Waals surface area contributed by atoms with Gasteiger partial charge in [0, 0.05) is 12.1 Å². The number of nitrogens with zero attached hydrogens (tertiary/aromatic N) is 1. The van der Waals surface area contributed by atoms with Crippen molar-refractivity contribution in [3.63, 3.8) is 0 Å². The number of hydrogen-bond acceptors (Lipinski definition) is 2. The Morgan fingerprint density at radius 3 is 2.62 bits per heavy atom. The smallest absolute Gasteiger partial charge is 0.0174 e. The molecule has 0 aliphatic carbocycles. The second kappa shape index (κ2) is 6.41. The molecule has 0 spiro atoms. The lowest BCUT2D eigenvalue weighted by Gasteiger charge is -2.30. The summed E-state index contributed by atoms with van der Waals surface area (Å²) in [7, 11) is 0. The Balaban J connectivity index is 2.14. The first-order valence-corrected chi connectivity index (χ1v) is 5.48. The Morgan fingerprint density at radius 2 is 2.08 bits per heavy atom. The van der Waals surface area contributed by atoms with Gasteiger partial charge < -0.3 is 5.73 Å². The van der Waals surface area contributed by atoms with Crippen molar-refractivity contribution >= 4 is 11.6 Å². The topological polar surface area (TPSA) is 29.3 Å². The monoisotopic (exact) mass is 202 g/mol. The predicted octanol–water partition coefficient (Wildman–Crippen LogP) is 1.80. The highest BCUT2D eigenvalue weighted by molar-refractivity contribution is 6.25. The van der Waals surface area contributed by atoms with Crippen molar-refractivity contribution in [1.82, 2.24) is 4.90 Å². The van der Waals surface area contributed by atoms with E-state index in [-0.39, 0.29) is 0 Å². The molecule has 1 aliphatic heterocycles. The molecular formula is C10H19ClN2. The minimum absolute atomic E-state index is 0.840. The van der Waals surface area contributed by atoms with Crippen LogP contribution in [0.25, 0.3) is 0 Å². The average molecular weight is 203 g/mol. The van der Waals surface area contributed by atoms with Crippen molar-refractivity contribution in [2.45, 2.75) is 19.3 Å². The standard InChI is InChI=1S/C10H19ClN2/c11-5-1-7-13-8-3-10(2-6-12)4-9-13/h1,5,10H,2-4,6-9,12H2. The summed E-state index contributed by atoms with van der Waals surface area (Å²) in [5.74, 6) is 0.862. The minimum Gasteiger partial charge on any atom is -0.330 e. The van der Waals surface area contributed by atoms with E-state index in [4.69, 9.17) is 17.3 Å². The van der Waals surface area contributed by atoms with E-state index in [2.05, 4.69) is 4.90 Å². The van der Waals surface area contributed by atoms with Crippen molar-refractivity contribution in [3.8, 4) is 0 Å². The Bertz CT molecular complexity index is 151. The van der Waals surface area contributed by atoms with Crippen molar-refractivity contribution in [1.29, 1.82) is 0 Å². The summed E-state index contributed by atoms with van der Waals surface area (Å²) in [5.41, 5.74) is 7.14. The van der Waals surface area contributed by atoms with Gasteiger partial charge >= 0.3 is 0 Å². The van der Waals surface area contributed by atoms with Crippen molar-refractivity contribution < 1.29 is 0 Å². The van der Waals surface area contributed by atoms with Crippen LogP contribution in [-0.2, 0) is 0 Å². The molecule has 1 heterocycles. The van der Waals surface area contributed by atoms with Crippen molar-refractivity contribution in [3.05, 3.63) is 11.6 Å². The van der Waals surface area contributed by atoms with E-state index < -0.39 is 0 Å². The van der Waals surface area contributed by atoms with E-state index in [0.717, 1.165) is 19.0 Å². The zero-order valence-corrected chi connectivity index (χ0v) is 8.84.